The molecule has 1 amide bonds. The Balaban J connectivity index is 1.50. The highest BCUT2D eigenvalue weighted by Gasteiger charge is 2.25. The Morgan fingerprint density at radius 1 is 1.46 bits per heavy atom. The van der Waals surface area contributed by atoms with Gasteiger partial charge in [0.25, 0.3) is 5.91 Å². The zero-order valence-corrected chi connectivity index (χ0v) is 14.6. The lowest BCUT2D eigenvalue weighted by Crippen LogP contribution is -2.31. The van der Waals surface area contributed by atoms with Gasteiger partial charge in [0.2, 0.25) is 0 Å². The van der Waals surface area contributed by atoms with Gasteiger partial charge in [-0.3, -0.25) is 19.4 Å². The zero-order chi connectivity index (χ0) is 17.1. The molecule has 128 valence electrons. The molecular weight excluding hydrogens is 328 g/mol. The first kappa shape index (κ1) is 16.9. The number of nitrogens with zero attached hydrogens (tertiary/aromatic N) is 5. The molecule has 0 saturated carbocycles. The number of hydrogen-bond acceptors (Lipinski definition) is 5. The predicted molar refractivity (Wildman–Crippen MR) is 90.7 cm³/mol. The van der Waals surface area contributed by atoms with Crippen LogP contribution in [0.15, 0.2) is 18.6 Å². The van der Waals surface area contributed by atoms with Gasteiger partial charge in [0.15, 0.2) is 0 Å². The quantitative estimate of drug-likeness (QED) is 0.884. The van der Waals surface area contributed by atoms with Gasteiger partial charge >= 0.3 is 0 Å². The minimum atomic E-state index is -0.173. The molecule has 0 bridgehead atoms. The lowest BCUT2D eigenvalue weighted by atomic mass is 10.1. The van der Waals surface area contributed by atoms with Gasteiger partial charge in [-0.1, -0.05) is 11.6 Å². The van der Waals surface area contributed by atoms with Gasteiger partial charge in [0.1, 0.15) is 10.8 Å². The molecule has 1 atom stereocenters. The average molecular weight is 349 g/mol. The van der Waals surface area contributed by atoms with Crippen molar-refractivity contribution in [2.24, 2.45) is 13.0 Å². The van der Waals surface area contributed by atoms with E-state index >= 15 is 0 Å². The molecule has 0 unspecified atom stereocenters. The van der Waals surface area contributed by atoms with Crippen LogP contribution in [0.2, 0.25) is 5.15 Å². The maximum atomic E-state index is 12.0. The molecule has 7 nitrogen and oxygen atoms in total. The fourth-order valence-corrected chi connectivity index (χ4v) is 3.28. The van der Waals surface area contributed by atoms with E-state index in [1.807, 2.05) is 14.0 Å². The molecule has 3 heterocycles. The van der Waals surface area contributed by atoms with Crippen LogP contribution in [0.4, 0.5) is 0 Å². The van der Waals surface area contributed by atoms with Gasteiger partial charge in [-0.25, -0.2) is 4.98 Å². The molecule has 8 heteroatoms. The summed E-state index contributed by atoms with van der Waals surface area (Å²) in [6.45, 7) is 5.36. The zero-order valence-electron chi connectivity index (χ0n) is 13.9. The molecule has 24 heavy (non-hydrogen) atoms. The largest absolute Gasteiger partial charge is 0.350 e. The second-order valence-electron chi connectivity index (χ2n) is 6.17. The summed E-state index contributed by atoms with van der Waals surface area (Å²) in [4.78, 5) is 22.3. The van der Waals surface area contributed by atoms with Gasteiger partial charge in [-0.05, 0) is 25.8 Å². The third-order valence-corrected chi connectivity index (χ3v) is 4.84. The molecule has 2 aromatic rings. The Morgan fingerprint density at radius 2 is 2.29 bits per heavy atom. The van der Waals surface area contributed by atoms with E-state index in [9.17, 15) is 4.79 Å². The third kappa shape index (κ3) is 3.73. The Bertz CT molecular complexity index is 717. The second-order valence-corrected chi connectivity index (χ2v) is 6.53. The molecule has 0 aromatic carbocycles. The van der Waals surface area contributed by atoms with Crippen molar-refractivity contribution in [2.45, 2.75) is 19.9 Å². The highest BCUT2D eigenvalue weighted by Crippen LogP contribution is 2.24. The highest BCUT2D eigenvalue weighted by atomic mass is 35.5. The molecule has 1 aliphatic heterocycles. The lowest BCUT2D eigenvalue weighted by molar-refractivity contribution is 0.0942. The fraction of sp³-hybridized carbons (Fsp3) is 0.500. The summed E-state index contributed by atoms with van der Waals surface area (Å²) in [5, 5.41) is 8.00. The van der Waals surface area contributed by atoms with E-state index in [-0.39, 0.29) is 5.91 Å². The van der Waals surface area contributed by atoms with Crippen LogP contribution in [-0.4, -0.2) is 50.2 Å². The van der Waals surface area contributed by atoms with Gasteiger partial charge in [-0.2, -0.15) is 5.10 Å². The Hall–Kier alpha value is -1.99. The number of halogens is 1. The summed E-state index contributed by atoms with van der Waals surface area (Å²) in [5.41, 5.74) is 2.41. The molecule has 1 N–H and O–H groups in total. The Labute approximate surface area is 146 Å². The van der Waals surface area contributed by atoms with Crippen LogP contribution in [0.5, 0.6) is 0 Å². The molecular formula is C16H21ClN6O. The summed E-state index contributed by atoms with van der Waals surface area (Å²) < 4.78 is 1.71. The minimum absolute atomic E-state index is 0.173. The number of rotatable bonds is 5. The van der Waals surface area contributed by atoms with Crippen molar-refractivity contribution < 1.29 is 4.79 Å². The van der Waals surface area contributed by atoms with E-state index in [0.717, 1.165) is 37.3 Å². The summed E-state index contributed by atoms with van der Waals surface area (Å²) in [6, 6.07) is 0. The predicted octanol–water partition coefficient (Wildman–Crippen LogP) is 1.42. The van der Waals surface area contributed by atoms with E-state index < -0.39 is 0 Å². The van der Waals surface area contributed by atoms with Crippen molar-refractivity contribution in [3.63, 3.8) is 0 Å². The van der Waals surface area contributed by atoms with Gasteiger partial charge < -0.3 is 5.32 Å². The van der Waals surface area contributed by atoms with Gasteiger partial charge in [0.05, 0.1) is 11.9 Å². The molecule has 0 aliphatic carbocycles. The van der Waals surface area contributed by atoms with Crippen molar-refractivity contribution in [1.29, 1.82) is 0 Å². The minimum Gasteiger partial charge on any atom is -0.350 e. The number of nitrogens with one attached hydrogen (secondary N) is 1. The van der Waals surface area contributed by atoms with Gasteiger partial charge in [-0.15, -0.1) is 0 Å². The fourth-order valence-electron chi connectivity index (χ4n) is 3.04. The first-order valence-corrected chi connectivity index (χ1v) is 8.37. The first-order chi connectivity index (χ1) is 11.5. The monoisotopic (exact) mass is 348 g/mol. The summed E-state index contributed by atoms with van der Waals surface area (Å²) in [7, 11) is 1.85. The van der Waals surface area contributed by atoms with E-state index in [1.54, 1.807) is 10.9 Å². The smallest absolute Gasteiger partial charge is 0.271 e. The number of amides is 1. The highest BCUT2D eigenvalue weighted by molar-refractivity contribution is 6.30. The Kier molecular flexibility index (Phi) is 5.11. The molecule has 1 aliphatic rings. The first-order valence-electron chi connectivity index (χ1n) is 7.99. The standard InChI is InChI=1S/C16H21ClN6O/c1-11-13(15(17)22(2)21-11)10-23-6-3-12(9-23)7-20-16(24)14-8-18-4-5-19-14/h4-5,8,12H,3,6-7,9-10H2,1-2H3,(H,20,24)/t12-/m0/s1. The molecule has 3 rings (SSSR count). The van der Waals surface area contributed by atoms with E-state index in [2.05, 4.69) is 25.3 Å². The van der Waals surface area contributed by atoms with Crippen LogP contribution in [0.3, 0.4) is 0 Å². The number of carbonyl (C=O) groups excluding carboxylic acids is 1. The second kappa shape index (κ2) is 7.27. The number of aryl methyl sites for hydroxylation is 2. The SMILES string of the molecule is Cc1nn(C)c(Cl)c1CN1CC[C@@H](CNC(=O)c2cnccn2)C1. The van der Waals surface area contributed by atoms with Crippen LogP contribution in [0.1, 0.15) is 28.2 Å². The molecule has 1 fully saturated rings. The van der Waals surface area contributed by atoms with Crippen molar-refractivity contribution in [1.82, 2.24) is 30.0 Å². The molecule has 0 radical (unpaired) electrons. The van der Waals surface area contributed by atoms with Crippen molar-refractivity contribution in [2.75, 3.05) is 19.6 Å². The number of aromatic nitrogens is 4. The van der Waals surface area contributed by atoms with E-state index in [0.29, 0.717) is 23.3 Å². The Morgan fingerprint density at radius 3 is 2.96 bits per heavy atom. The van der Waals surface area contributed by atoms with Crippen LogP contribution >= 0.6 is 11.6 Å². The third-order valence-electron chi connectivity index (χ3n) is 4.37. The summed E-state index contributed by atoms with van der Waals surface area (Å²) in [5.74, 6) is 0.258. The number of likely N-dealkylation sites (tertiary alicyclic amines) is 1. The molecule has 1 saturated heterocycles. The maximum Gasteiger partial charge on any atom is 0.271 e. The summed E-state index contributed by atoms with van der Waals surface area (Å²) >= 11 is 6.30. The number of hydrogen-bond donors (Lipinski definition) is 1. The van der Waals surface area contributed by atoms with Crippen LogP contribution in [-0.2, 0) is 13.6 Å². The number of carbonyl (C=O) groups is 1. The molecule has 0 spiro atoms. The summed E-state index contributed by atoms with van der Waals surface area (Å²) in [6.07, 6.45) is 5.60. The van der Waals surface area contributed by atoms with E-state index in [4.69, 9.17) is 11.6 Å². The van der Waals surface area contributed by atoms with Gasteiger partial charge in [0, 0.05) is 44.6 Å². The van der Waals surface area contributed by atoms with Crippen LogP contribution in [0, 0.1) is 12.8 Å². The lowest BCUT2D eigenvalue weighted by Gasteiger charge is -2.16. The molecule has 2 aromatic heterocycles. The van der Waals surface area contributed by atoms with Crippen molar-refractivity contribution in [3.05, 3.63) is 40.7 Å². The maximum absolute atomic E-state index is 12.0. The van der Waals surface area contributed by atoms with Crippen LogP contribution < -0.4 is 5.32 Å². The van der Waals surface area contributed by atoms with Crippen LogP contribution in [0.25, 0.3) is 0 Å². The average Bonchev–Trinajstić information content (AvgIpc) is 3.13. The normalized spacial score (nSPS) is 18.0. The van der Waals surface area contributed by atoms with E-state index in [1.165, 1.54) is 12.4 Å². The topological polar surface area (TPSA) is 75.9 Å². The van der Waals surface area contributed by atoms with Crippen molar-refractivity contribution >= 4 is 17.5 Å². The van der Waals surface area contributed by atoms with Crippen molar-refractivity contribution in [3.8, 4) is 0 Å².